The van der Waals surface area contributed by atoms with Crippen LogP contribution < -0.4 is 10.1 Å². The molecule has 0 saturated carbocycles. The van der Waals surface area contributed by atoms with Crippen molar-refractivity contribution in [1.82, 2.24) is 9.97 Å². The van der Waals surface area contributed by atoms with E-state index in [-0.39, 0.29) is 5.91 Å². The molecule has 4 rings (SSSR count). The molecule has 0 fully saturated rings. The van der Waals surface area contributed by atoms with Gasteiger partial charge in [-0.25, -0.2) is 9.97 Å². The molecule has 5 nitrogen and oxygen atoms in total. The monoisotopic (exact) mass is 353 g/mol. The van der Waals surface area contributed by atoms with Gasteiger partial charge in [0.05, 0.1) is 12.5 Å². The van der Waals surface area contributed by atoms with E-state index >= 15 is 0 Å². The topological polar surface area (TPSA) is 64.1 Å². The summed E-state index contributed by atoms with van der Waals surface area (Å²) in [6.45, 7) is 0. The lowest BCUT2D eigenvalue weighted by molar-refractivity contribution is 0.102. The first-order chi connectivity index (χ1) is 12.3. The van der Waals surface area contributed by atoms with E-state index < -0.39 is 0 Å². The van der Waals surface area contributed by atoms with E-state index in [1.54, 1.807) is 42.7 Å². The summed E-state index contributed by atoms with van der Waals surface area (Å²) >= 11 is 1.74. The van der Waals surface area contributed by atoms with Crippen LogP contribution in [0.2, 0.25) is 0 Å². The first-order valence-corrected chi connectivity index (χ1v) is 9.28. The molecule has 2 heterocycles. The van der Waals surface area contributed by atoms with Crippen LogP contribution in [0.3, 0.4) is 0 Å². The molecule has 128 valence electrons. The summed E-state index contributed by atoms with van der Waals surface area (Å²) in [5, 5.41) is 3.99. The number of thiophene rings is 1. The van der Waals surface area contributed by atoms with Crippen molar-refractivity contribution in [3.63, 3.8) is 0 Å². The molecule has 0 bridgehead atoms. The molecule has 25 heavy (non-hydrogen) atoms. The van der Waals surface area contributed by atoms with Gasteiger partial charge in [0.2, 0.25) is 0 Å². The number of hydrogen-bond donors (Lipinski definition) is 1. The highest BCUT2D eigenvalue weighted by molar-refractivity contribution is 7.19. The number of nitrogens with one attached hydrogen (secondary N) is 1. The number of rotatable bonds is 3. The second-order valence-corrected chi connectivity index (χ2v) is 7.23. The third-order valence-corrected chi connectivity index (χ3v) is 5.79. The molecule has 0 spiro atoms. The highest BCUT2D eigenvalue weighted by atomic mass is 32.1. The molecule has 0 radical (unpaired) electrons. The number of fused-ring (bicyclic) bond motifs is 3. The fourth-order valence-corrected chi connectivity index (χ4v) is 4.51. The van der Waals surface area contributed by atoms with Crippen LogP contribution in [0.1, 0.15) is 40.1 Å². The zero-order valence-corrected chi connectivity index (χ0v) is 14.9. The zero-order valence-electron chi connectivity index (χ0n) is 14.0. The Balaban J connectivity index is 1.68. The molecule has 1 aliphatic rings. The summed E-state index contributed by atoms with van der Waals surface area (Å²) in [6, 6.07) is 7.06. The van der Waals surface area contributed by atoms with Crippen LogP contribution in [-0.4, -0.2) is 23.0 Å². The lowest BCUT2D eigenvalue weighted by Crippen LogP contribution is -2.13. The van der Waals surface area contributed by atoms with Gasteiger partial charge in [-0.1, -0.05) is 6.42 Å². The van der Waals surface area contributed by atoms with Gasteiger partial charge in [0.15, 0.2) is 0 Å². The summed E-state index contributed by atoms with van der Waals surface area (Å²) < 4.78 is 5.14. The number of hydrogen-bond acceptors (Lipinski definition) is 5. The zero-order chi connectivity index (χ0) is 17.2. The molecular weight excluding hydrogens is 334 g/mol. The van der Waals surface area contributed by atoms with Crippen LogP contribution >= 0.6 is 11.3 Å². The molecule has 2 aromatic heterocycles. The summed E-state index contributed by atoms with van der Waals surface area (Å²) in [6.07, 6.45) is 7.32. The van der Waals surface area contributed by atoms with Crippen molar-refractivity contribution in [2.75, 3.05) is 12.4 Å². The molecule has 3 aromatic rings. The van der Waals surface area contributed by atoms with Crippen LogP contribution in [0.5, 0.6) is 5.75 Å². The molecular formula is C19H19N3O2S. The predicted octanol–water partition coefficient (Wildman–Crippen LogP) is 4.22. The molecule has 0 unspecified atom stereocenters. The fraction of sp³-hybridized carbons (Fsp3) is 0.316. The Labute approximate surface area is 150 Å². The lowest BCUT2D eigenvalue weighted by atomic mass is 10.1. The second-order valence-electron chi connectivity index (χ2n) is 6.15. The average Bonchev–Trinajstić information content (AvgIpc) is 2.84. The number of aromatic nitrogens is 2. The van der Waals surface area contributed by atoms with Gasteiger partial charge < -0.3 is 10.1 Å². The van der Waals surface area contributed by atoms with Crippen LogP contribution in [0.25, 0.3) is 10.2 Å². The Morgan fingerprint density at radius 1 is 1.12 bits per heavy atom. The maximum absolute atomic E-state index is 12.6. The number of anilines is 1. The largest absolute Gasteiger partial charge is 0.497 e. The van der Waals surface area contributed by atoms with Crippen molar-refractivity contribution in [2.45, 2.75) is 32.1 Å². The van der Waals surface area contributed by atoms with Gasteiger partial charge in [0.1, 0.15) is 22.7 Å². The smallest absolute Gasteiger partial charge is 0.256 e. The number of carbonyl (C=O) groups excluding carboxylic acids is 1. The maximum atomic E-state index is 12.6. The number of aryl methyl sites for hydroxylation is 2. The average molecular weight is 353 g/mol. The molecule has 6 heteroatoms. The first-order valence-electron chi connectivity index (χ1n) is 8.47. The van der Waals surface area contributed by atoms with E-state index in [4.69, 9.17) is 4.74 Å². The van der Waals surface area contributed by atoms with E-state index in [2.05, 4.69) is 15.3 Å². The minimum absolute atomic E-state index is 0.170. The Morgan fingerprint density at radius 2 is 1.92 bits per heavy atom. The maximum Gasteiger partial charge on any atom is 0.256 e. The van der Waals surface area contributed by atoms with Gasteiger partial charge in [-0.05, 0) is 55.5 Å². The quantitative estimate of drug-likeness (QED) is 0.716. The summed E-state index contributed by atoms with van der Waals surface area (Å²) in [7, 11) is 1.61. The van der Waals surface area contributed by atoms with Crippen molar-refractivity contribution < 1.29 is 9.53 Å². The molecule has 0 aliphatic heterocycles. The lowest BCUT2D eigenvalue weighted by Gasteiger charge is -2.08. The van der Waals surface area contributed by atoms with Gasteiger partial charge >= 0.3 is 0 Å². The molecule has 1 aromatic carbocycles. The summed E-state index contributed by atoms with van der Waals surface area (Å²) in [4.78, 5) is 23.7. The number of amides is 1. The van der Waals surface area contributed by atoms with E-state index in [1.165, 1.54) is 36.0 Å². The molecule has 1 amide bonds. The molecule has 0 saturated heterocycles. The van der Waals surface area contributed by atoms with Crippen molar-refractivity contribution in [3.8, 4) is 5.75 Å². The van der Waals surface area contributed by atoms with Crippen LogP contribution in [-0.2, 0) is 12.8 Å². The number of nitrogens with zero attached hydrogens (tertiary/aromatic N) is 2. The highest BCUT2D eigenvalue weighted by Crippen LogP contribution is 2.37. The van der Waals surface area contributed by atoms with Gasteiger partial charge in [-0.15, -0.1) is 11.3 Å². The second kappa shape index (κ2) is 6.80. The van der Waals surface area contributed by atoms with E-state index in [9.17, 15) is 4.79 Å². The SMILES string of the molecule is COc1ccc(C(=O)Nc2ncnc3sc4c(c23)CCCCC4)cc1. The van der Waals surface area contributed by atoms with Crippen molar-refractivity contribution in [3.05, 3.63) is 46.6 Å². The normalized spacial score (nSPS) is 14.0. The number of carbonyl (C=O) groups is 1. The Hall–Kier alpha value is -2.47. The van der Waals surface area contributed by atoms with Crippen molar-refractivity contribution in [1.29, 1.82) is 0 Å². The molecule has 0 atom stereocenters. The van der Waals surface area contributed by atoms with Gasteiger partial charge in [-0.2, -0.15) is 0 Å². The number of ether oxygens (including phenoxy) is 1. The van der Waals surface area contributed by atoms with Crippen LogP contribution in [0.4, 0.5) is 5.82 Å². The molecule has 1 N–H and O–H groups in total. The van der Waals surface area contributed by atoms with E-state index in [0.717, 1.165) is 28.8 Å². The third kappa shape index (κ3) is 3.09. The van der Waals surface area contributed by atoms with Gasteiger partial charge in [0, 0.05) is 10.4 Å². The van der Waals surface area contributed by atoms with Gasteiger partial charge in [0.25, 0.3) is 5.91 Å². The van der Waals surface area contributed by atoms with Crippen LogP contribution in [0.15, 0.2) is 30.6 Å². The van der Waals surface area contributed by atoms with Crippen molar-refractivity contribution >= 4 is 33.3 Å². The predicted molar refractivity (Wildman–Crippen MR) is 99.6 cm³/mol. The highest BCUT2D eigenvalue weighted by Gasteiger charge is 2.20. The number of methoxy groups -OCH3 is 1. The minimum atomic E-state index is -0.170. The Kier molecular flexibility index (Phi) is 4.36. The summed E-state index contributed by atoms with van der Waals surface area (Å²) in [5.41, 5.74) is 1.90. The van der Waals surface area contributed by atoms with E-state index in [1.807, 2.05) is 0 Å². The fourth-order valence-electron chi connectivity index (χ4n) is 3.28. The Bertz CT molecular complexity index is 918. The van der Waals surface area contributed by atoms with Crippen LogP contribution in [0, 0.1) is 0 Å². The van der Waals surface area contributed by atoms with E-state index in [0.29, 0.717) is 11.4 Å². The van der Waals surface area contributed by atoms with Gasteiger partial charge in [-0.3, -0.25) is 4.79 Å². The number of benzene rings is 1. The Morgan fingerprint density at radius 3 is 2.72 bits per heavy atom. The summed E-state index contributed by atoms with van der Waals surface area (Å²) in [5.74, 6) is 1.17. The molecule has 1 aliphatic carbocycles. The third-order valence-electron chi connectivity index (χ3n) is 4.59. The van der Waals surface area contributed by atoms with Crippen molar-refractivity contribution in [2.24, 2.45) is 0 Å². The first kappa shape index (κ1) is 16.0. The minimum Gasteiger partial charge on any atom is -0.497 e. The standard InChI is InChI=1S/C19H19N3O2S/c1-24-13-9-7-12(8-10-13)18(23)22-17-16-14-5-3-2-4-6-15(14)25-19(16)21-11-20-17/h7-11H,2-6H2,1H3,(H,20,21,22,23).